The molecule has 0 radical (unpaired) electrons. The predicted octanol–water partition coefficient (Wildman–Crippen LogP) is 5.70. The number of carbonyl (C=O) groups excluding carboxylic acids is 4. The van der Waals surface area contributed by atoms with Gasteiger partial charge in [0.2, 0.25) is 0 Å². The minimum absolute atomic E-state index is 0.178. The van der Waals surface area contributed by atoms with Gasteiger partial charge in [0.15, 0.2) is 0 Å². The Kier molecular flexibility index (Phi) is 11.2. The summed E-state index contributed by atoms with van der Waals surface area (Å²) in [4.78, 5) is 45.9. The first-order chi connectivity index (χ1) is 16.2. The number of hydrogen-bond donors (Lipinski definition) is 0. The third kappa shape index (κ3) is 7.91. The van der Waals surface area contributed by atoms with Gasteiger partial charge in [0.05, 0.1) is 25.0 Å². The number of aldehydes is 2. The molecule has 2 aliphatic carbocycles. The van der Waals surface area contributed by atoms with Gasteiger partial charge in [-0.3, -0.25) is 9.59 Å². The molecule has 0 N–H and O–H groups in total. The van der Waals surface area contributed by atoms with Crippen LogP contribution < -0.4 is 0 Å². The predicted molar refractivity (Wildman–Crippen MR) is 131 cm³/mol. The lowest BCUT2D eigenvalue weighted by molar-refractivity contribution is -0.147. The smallest absolute Gasteiger partial charge is 0.310 e. The van der Waals surface area contributed by atoms with E-state index in [4.69, 9.17) is 9.47 Å². The van der Waals surface area contributed by atoms with E-state index in [1.165, 1.54) is 51.4 Å². The maximum absolute atomic E-state index is 12.0. The van der Waals surface area contributed by atoms with E-state index in [-0.39, 0.29) is 46.4 Å². The largest absolute Gasteiger partial charge is 0.465 e. The maximum Gasteiger partial charge on any atom is 0.310 e. The van der Waals surface area contributed by atoms with Crippen molar-refractivity contribution in [2.24, 2.45) is 34.5 Å². The Morgan fingerprint density at radius 3 is 1.06 bits per heavy atom. The molecule has 0 aromatic rings. The van der Waals surface area contributed by atoms with Crippen LogP contribution in [0.1, 0.15) is 105 Å². The van der Waals surface area contributed by atoms with Gasteiger partial charge in [-0.05, 0) is 23.7 Å². The lowest BCUT2D eigenvalue weighted by atomic mass is 10.1. The molecule has 6 heteroatoms. The third-order valence-electron chi connectivity index (χ3n) is 8.15. The van der Waals surface area contributed by atoms with Crippen molar-refractivity contribution in [3.63, 3.8) is 0 Å². The molecule has 2 aliphatic rings. The van der Waals surface area contributed by atoms with E-state index in [2.05, 4.69) is 0 Å². The van der Waals surface area contributed by atoms with Crippen molar-refractivity contribution in [3.8, 4) is 0 Å². The van der Waals surface area contributed by atoms with Crippen molar-refractivity contribution in [1.82, 2.24) is 0 Å². The fourth-order valence-electron chi connectivity index (χ4n) is 5.26. The summed E-state index contributed by atoms with van der Waals surface area (Å²) in [6, 6.07) is 0. The zero-order valence-electron chi connectivity index (χ0n) is 21.8. The molecule has 2 saturated carbocycles. The van der Waals surface area contributed by atoms with E-state index in [0.29, 0.717) is 13.2 Å². The molecule has 0 heterocycles. The fraction of sp³-hybridized carbons (Fsp3) is 0.857. The molecular weight excluding hydrogens is 432 g/mol. The summed E-state index contributed by atoms with van der Waals surface area (Å²) in [5.41, 5.74) is -0.465. The molecular formula is C28H46O6. The van der Waals surface area contributed by atoms with Gasteiger partial charge in [-0.1, -0.05) is 91.9 Å². The van der Waals surface area contributed by atoms with Crippen molar-refractivity contribution in [2.45, 2.75) is 105 Å². The molecule has 0 amide bonds. The molecule has 2 fully saturated rings. The first kappa shape index (κ1) is 28.5. The maximum atomic E-state index is 12.0. The average molecular weight is 479 g/mol. The SMILES string of the molecule is CC1(C)[C@H](C(=O)OCCCCCCCCCCCCCCOC(=O)[C@@H]2[C@H](C=O)C2(C)C)[C@@H]1C=O. The highest BCUT2D eigenvalue weighted by Crippen LogP contribution is 2.58. The normalized spacial score (nSPS) is 25.9. The number of rotatable bonds is 19. The second kappa shape index (κ2) is 13.4. The summed E-state index contributed by atoms with van der Waals surface area (Å²) in [5, 5.41) is 0. The highest BCUT2D eigenvalue weighted by atomic mass is 16.5. The van der Waals surface area contributed by atoms with Crippen LogP contribution in [-0.4, -0.2) is 37.7 Å². The minimum atomic E-state index is -0.250. The Labute approximate surface area is 205 Å². The lowest BCUT2D eigenvalue weighted by Crippen LogP contribution is -2.11. The molecule has 0 spiro atoms. The summed E-state index contributed by atoms with van der Waals surface area (Å²) in [6.07, 6.45) is 15.6. The zero-order chi connectivity index (χ0) is 25.2. The van der Waals surface area contributed by atoms with E-state index in [1.54, 1.807) is 0 Å². The van der Waals surface area contributed by atoms with Gasteiger partial charge in [0.1, 0.15) is 12.6 Å². The van der Waals surface area contributed by atoms with Crippen LogP contribution in [-0.2, 0) is 28.7 Å². The zero-order valence-corrected chi connectivity index (χ0v) is 21.8. The van der Waals surface area contributed by atoms with Crippen LogP contribution in [0.2, 0.25) is 0 Å². The van der Waals surface area contributed by atoms with Gasteiger partial charge in [0.25, 0.3) is 0 Å². The van der Waals surface area contributed by atoms with Crippen LogP contribution in [0.3, 0.4) is 0 Å². The van der Waals surface area contributed by atoms with Crippen molar-refractivity contribution in [1.29, 1.82) is 0 Å². The Balaban J connectivity index is 1.29. The number of ether oxygens (including phenoxy) is 2. The molecule has 0 bridgehead atoms. The monoisotopic (exact) mass is 478 g/mol. The van der Waals surface area contributed by atoms with Gasteiger partial charge >= 0.3 is 11.9 Å². The molecule has 0 aromatic heterocycles. The van der Waals surface area contributed by atoms with Crippen molar-refractivity contribution >= 4 is 24.5 Å². The van der Waals surface area contributed by atoms with Crippen LogP contribution in [0, 0.1) is 34.5 Å². The Morgan fingerprint density at radius 2 is 0.824 bits per heavy atom. The van der Waals surface area contributed by atoms with E-state index in [1.807, 2.05) is 27.7 Å². The summed E-state index contributed by atoms with van der Waals surface area (Å²) in [7, 11) is 0. The summed E-state index contributed by atoms with van der Waals surface area (Å²) >= 11 is 0. The molecule has 194 valence electrons. The molecule has 0 aliphatic heterocycles. The van der Waals surface area contributed by atoms with Crippen LogP contribution in [0.5, 0.6) is 0 Å². The highest BCUT2D eigenvalue weighted by Gasteiger charge is 2.63. The Morgan fingerprint density at radius 1 is 0.559 bits per heavy atom. The molecule has 2 rings (SSSR count). The standard InChI is InChI=1S/C28H46O6/c1-27(2)21(19-29)23(27)25(31)33-17-15-13-11-9-7-5-6-8-10-12-14-16-18-34-26(32)24-22(20-30)28(24,3)4/h19-24H,5-18H2,1-4H3/t21-,22-,23-,24-/m0/s1. The molecule has 6 nitrogen and oxygen atoms in total. The van der Waals surface area contributed by atoms with Crippen LogP contribution >= 0.6 is 0 Å². The van der Waals surface area contributed by atoms with E-state index < -0.39 is 0 Å². The topological polar surface area (TPSA) is 86.7 Å². The van der Waals surface area contributed by atoms with E-state index in [0.717, 1.165) is 38.3 Å². The van der Waals surface area contributed by atoms with Crippen molar-refractivity contribution in [3.05, 3.63) is 0 Å². The van der Waals surface area contributed by atoms with Gasteiger partial charge in [0, 0.05) is 11.8 Å². The van der Waals surface area contributed by atoms with Gasteiger partial charge in [-0.15, -0.1) is 0 Å². The Hall–Kier alpha value is -1.72. The van der Waals surface area contributed by atoms with Crippen LogP contribution in [0.4, 0.5) is 0 Å². The molecule has 34 heavy (non-hydrogen) atoms. The second-order valence-electron chi connectivity index (χ2n) is 11.5. The first-order valence-corrected chi connectivity index (χ1v) is 13.4. The summed E-state index contributed by atoms with van der Waals surface area (Å²) in [5.74, 6) is -1.28. The average Bonchev–Trinajstić information content (AvgIpc) is 3.58. The van der Waals surface area contributed by atoms with Crippen molar-refractivity contribution < 1.29 is 28.7 Å². The van der Waals surface area contributed by atoms with Gasteiger partial charge in [-0.2, -0.15) is 0 Å². The van der Waals surface area contributed by atoms with Crippen LogP contribution in [0.25, 0.3) is 0 Å². The first-order valence-electron chi connectivity index (χ1n) is 13.4. The molecule has 0 unspecified atom stereocenters. The molecule has 0 saturated heterocycles. The van der Waals surface area contributed by atoms with E-state index in [9.17, 15) is 19.2 Å². The number of hydrogen-bond acceptors (Lipinski definition) is 6. The second-order valence-corrected chi connectivity index (χ2v) is 11.5. The Bertz CT molecular complexity index is 624. The number of carbonyl (C=O) groups is 4. The van der Waals surface area contributed by atoms with Gasteiger partial charge < -0.3 is 19.1 Å². The van der Waals surface area contributed by atoms with Gasteiger partial charge in [-0.25, -0.2) is 0 Å². The van der Waals surface area contributed by atoms with Crippen molar-refractivity contribution in [2.75, 3.05) is 13.2 Å². The summed E-state index contributed by atoms with van der Waals surface area (Å²) < 4.78 is 10.7. The lowest BCUT2D eigenvalue weighted by Gasteiger charge is -2.06. The highest BCUT2D eigenvalue weighted by molar-refractivity contribution is 5.84. The third-order valence-corrected chi connectivity index (χ3v) is 8.15. The minimum Gasteiger partial charge on any atom is -0.465 e. The van der Waals surface area contributed by atoms with E-state index >= 15 is 0 Å². The molecule has 4 atom stereocenters. The number of esters is 2. The number of unbranched alkanes of at least 4 members (excludes halogenated alkanes) is 11. The van der Waals surface area contributed by atoms with Crippen LogP contribution in [0.15, 0.2) is 0 Å². The summed E-state index contributed by atoms with van der Waals surface area (Å²) in [6.45, 7) is 8.71. The molecule has 0 aromatic carbocycles. The fourth-order valence-corrected chi connectivity index (χ4v) is 5.26. The quantitative estimate of drug-likeness (QED) is 0.135.